The van der Waals surface area contributed by atoms with E-state index in [-0.39, 0.29) is 18.0 Å². The van der Waals surface area contributed by atoms with Crippen molar-refractivity contribution >= 4 is 23.4 Å². The van der Waals surface area contributed by atoms with Crippen LogP contribution in [0.1, 0.15) is 18.4 Å². The molecule has 4 rings (SSSR count). The first kappa shape index (κ1) is 19.0. The van der Waals surface area contributed by atoms with E-state index in [0.29, 0.717) is 11.3 Å². The average molecular weight is 405 g/mol. The van der Waals surface area contributed by atoms with Crippen LogP contribution in [0.3, 0.4) is 0 Å². The Kier molecular flexibility index (Phi) is 4.95. The van der Waals surface area contributed by atoms with Crippen LogP contribution in [0, 0.1) is 11.3 Å². The zero-order valence-electron chi connectivity index (χ0n) is 16.0. The number of methoxy groups -OCH3 is 1. The molecule has 0 saturated carbocycles. The molecule has 2 aliphatic rings. The monoisotopic (exact) mass is 405 g/mol. The predicted octanol–water partition coefficient (Wildman–Crippen LogP) is 3.87. The first-order valence-electron chi connectivity index (χ1n) is 9.12. The summed E-state index contributed by atoms with van der Waals surface area (Å²) in [5.74, 6) is -0.157. The Bertz CT molecular complexity index is 1080. The van der Waals surface area contributed by atoms with E-state index in [9.17, 15) is 10.1 Å². The lowest BCUT2D eigenvalue weighted by Gasteiger charge is -2.33. The van der Waals surface area contributed by atoms with Crippen molar-refractivity contribution in [3.8, 4) is 11.8 Å². The Balaban J connectivity index is 1.94. The molecule has 146 valence electrons. The number of nitrogens with two attached hydrogens (primary N) is 1. The summed E-state index contributed by atoms with van der Waals surface area (Å²) in [6, 6.07) is 17.4. The normalized spacial score (nSPS) is 17.6. The third-order valence-corrected chi connectivity index (χ3v) is 6.07. The highest BCUT2D eigenvalue weighted by molar-refractivity contribution is 8.03. The maximum Gasteiger partial charge on any atom is 0.338 e. The second kappa shape index (κ2) is 7.57. The van der Waals surface area contributed by atoms with E-state index in [2.05, 4.69) is 6.07 Å². The number of anilines is 1. The number of benzene rings is 2. The summed E-state index contributed by atoms with van der Waals surface area (Å²) in [6.45, 7) is 1.96. The number of fused-ring (bicyclic) bond motifs is 3. The van der Waals surface area contributed by atoms with Crippen molar-refractivity contribution in [3.05, 3.63) is 76.1 Å². The zero-order valence-corrected chi connectivity index (χ0v) is 16.8. The molecule has 2 aromatic rings. The SMILES string of the molecule is CCOC(=O)C1=C(N)N2C(=C(C#N)C1c1ccc(OC)cc1)Sc1ccccc12. The number of hydrogen-bond acceptors (Lipinski definition) is 7. The van der Waals surface area contributed by atoms with Crippen molar-refractivity contribution < 1.29 is 14.3 Å². The largest absolute Gasteiger partial charge is 0.497 e. The molecule has 0 amide bonds. The first-order valence-corrected chi connectivity index (χ1v) is 9.94. The van der Waals surface area contributed by atoms with Crippen molar-refractivity contribution in [2.45, 2.75) is 17.7 Å². The van der Waals surface area contributed by atoms with Crippen LogP contribution in [-0.4, -0.2) is 19.7 Å². The Morgan fingerprint density at radius 2 is 1.97 bits per heavy atom. The van der Waals surface area contributed by atoms with E-state index >= 15 is 0 Å². The third-order valence-electron chi connectivity index (χ3n) is 4.91. The fourth-order valence-electron chi connectivity index (χ4n) is 3.61. The zero-order chi connectivity index (χ0) is 20.5. The van der Waals surface area contributed by atoms with Crippen LogP contribution in [-0.2, 0) is 9.53 Å². The summed E-state index contributed by atoms with van der Waals surface area (Å²) in [4.78, 5) is 15.7. The highest BCUT2D eigenvalue weighted by Gasteiger charge is 2.43. The van der Waals surface area contributed by atoms with E-state index in [4.69, 9.17) is 15.2 Å². The van der Waals surface area contributed by atoms with E-state index in [1.807, 2.05) is 36.4 Å². The number of esters is 1. The molecule has 2 N–H and O–H groups in total. The Morgan fingerprint density at radius 1 is 1.24 bits per heavy atom. The average Bonchev–Trinajstić information content (AvgIpc) is 3.13. The molecule has 0 spiro atoms. The minimum atomic E-state index is -0.613. The Hall–Kier alpha value is -3.37. The molecule has 0 aliphatic carbocycles. The second-order valence-electron chi connectivity index (χ2n) is 6.46. The van der Waals surface area contributed by atoms with Crippen LogP contribution in [0.5, 0.6) is 5.75 Å². The molecular formula is C22H19N3O3S. The minimum absolute atomic E-state index is 0.217. The molecular weight excluding hydrogens is 386 g/mol. The van der Waals surface area contributed by atoms with Crippen molar-refractivity contribution in [3.63, 3.8) is 0 Å². The Labute approximate surface area is 173 Å². The maximum atomic E-state index is 12.9. The number of para-hydroxylation sites is 1. The third kappa shape index (κ3) is 3.02. The number of ether oxygens (including phenoxy) is 2. The fourth-order valence-corrected chi connectivity index (χ4v) is 4.79. The molecule has 0 bridgehead atoms. The molecule has 0 saturated heterocycles. The number of nitriles is 1. The van der Waals surface area contributed by atoms with Gasteiger partial charge in [-0.25, -0.2) is 4.79 Å². The van der Waals surface area contributed by atoms with Crippen molar-refractivity contribution in [1.82, 2.24) is 0 Å². The highest BCUT2D eigenvalue weighted by atomic mass is 32.2. The first-order chi connectivity index (χ1) is 14.1. The van der Waals surface area contributed by atoms with Gasteiger partial charge in [-0.2, -0.15) is 5.26 Å². The lowest BCUT2D eigenvalue weighted by molar-refractivity contribution is -0.138. The smallest absolute Gasteiger partial charge is 0.338 e. The summed E-state index contributed by atoms with van der Waals surface area (Å²) in [5, 5.41) is 10.8. The summed E-state index contributed by atoms with van der Waals surface area (Å²) >= 11 is 1.48. The quantitative estimate of drug-likeness (QED) is 0.772. The molecule has 2 heterocycles. The summed E-state index contributed by atoms with van der Waals surface area (Å²) in [5.41, 5.74) is 8.90. The van der Waals surface area contributed by atoms with Crippen LogP contribution in [0.15, 0.2) is 75.4 Å². The van der Waals surface area contributed by atoms with E-state index < -0.39 is 11.9 Å². The van der Waals surface area contributed by atoms with Crippen molar-refractivity contribution in [2.75, 3.05) is 18.6 Å². The van der Waals surface area contributed by atoms with Gasteiger partial charge in [-0.15, -0.1) is 0 Å². The number of carbonyl (C=O) groups excluding carboxylic acids is 1. The predicted molar refractivity (Wildman–Crippen MR) is 111 cm³/mol. The molecule has 0 aromatic heterocycles. The summed E-state index contributed by atoms with van der Waals surface area (Å²) in [7, 11) is 1.59. The molecule has 2 aromatic carbocycles. The molecule has 7 heteroatoms. The number of rotatable bonds is 4. The molecule has 2 aliphatic heterocycles. The lowest BCUT2D eigenvalue weighted by Crippen LogP contribution is -2.35. The van der Waals surface area contributed by atoms with Crippen LogP contribution >= 0.6 is 11.8 Å². The van der Waals surface area contributed by atoms with Crippen LogP contribution in [0.2, 0.25) is 0 Å². The van der Waals surface area contributed by atoms with Gasteiger partial charge in [0.25, 0.3) is 0 Å². The van der Waals surface area contributed by atoms with Gasteiger partial charge in [-0.3, -0.25) is 4.90 Å². The fraction of sp³-hybridized carbons (Fsp3) is 0.182. The van der Waals surface area contributed by atoms with Gasteiger partial charge in [0.15, 0.2) is 0 Å². The number of thioether (sulfide) groups is 1. The van der Waals surface area contributed by atoms with Gasteiger partial charge in [0, 0.05) is 4.90 Å². The van der Waals surface area contributed by atoms with Gasteiger partial charge in [0.2, 0.25) is 0 Å². The summed E-state index contributed by atoms with van der Waals surface area (Å²) < 4.78 is 10.5. The summed E-state index contributed by atoms with van der Waals surface area (Å²) in [6.07, 6.45) is 0. The molecule has 6 nitrogen and oxygen atoms in total. The van der Waals surface area contributed by atoms with Gasteiger partial charge >= 0.3 is 5.97 Å². The molecule has 29 heavy (non-hydrogen) atoms. The van der Waals surface area contributed by atoms with Crippen molar-refractivity contribution in [1.29, 1.82) is 5.26 Å². The molecule has 1 atom stereocenters. The second-order valence-corrected chi connectivity index (χ2v) is 7.49. The standard InChI is InChI=1S/C22H19N3O3S/c1-3-28-22(26)19-18(13-8-10-14(27-2)11-9-13)15(12-23)21-25(20(19)24)16-6-4-5-7-17(16)29-21/h4-11,18H,3,24H2,1-2H3. The van der Waals surface area contributed by atoms with Gasteiger partial charge in [-0.1, -0.05) is 36.0 Å². The number of allylic oxidation sites excluding steroid dienone is 1. The van der Waals surface area contributed by atoms with Crippen LogP contribution < -0.4 is 15.4 Å². The molecule has 0 radical (unpaired) electrons. The van der Waals surface area contributed by atoms with Crippen LogP contribution in [0.4, 0.5) is 5.69 Å². The minimum Gasteiger partial charge on any atom is -0.497 e. The highest BCUT2D eigenvalue weighted by Crippen LogP contribution is 2.54. The number of carbonyl (C=O) groups is 1. The Morgan fingerprint density at radius 3 is 2.62 bits per heavy atom. The topological polar surface area (TPSA) is 88.6 Å². The van der Waals surface area contributed by atoms with Gasteiger partial charge in [0.05, 0.1) is 42.5 Å². The van der Waals surface area contributed by atoms with Gasteiger partial charge in [0.1, 0.15) is 16.6 Å². The van der Waals surface area contributed by atoms with Crippen molar-refractivity contribution in [2.24, 2.45) is 5.73 Å². The van der Waals surface area contributed by atoms with E-state index in [0.717, 1.165) is 21.2 Å². The molecule has 1 unspecified atom stereocenters. The number of nitrogens with zero attached hydrogens (tertiary/aromatic N) is 2. The lowest BCUT2D eigenvalue weighted by atomic mass is 9.83. The van der Waals surface area contributed by atoms with Crippen LogP contribution in [0.25, 0.3) is 0 Å². The molecule has 0 fully saturated rings. The van der Waals surface area contributed by atoms with E-state index in [1.165, 1.54) is 11.8 Å². The maximum absolute atomic E-state index is 12.9. The number of hydrogen-bond donors (Lipinski definition) is 1. The van der Waals surface area contributed by atoms with Gasteiger partial charge < -0.3 is 15.2 Å². The van der Waals surface area contributed by atoms with E-state index in [1.54, 1.807) is 31.1 Å². The van der Waals surface area contributed by atoms with Gasteiger partial charge in [-0.05, 0) is 36.8 Å².